The summed E-state index contributed by atoms with van der Waals surface area (Å²) in [5, 5.41) is 10.5. The molecule has 4 rings (SSSR count). The van der Waals surface area contributed by atoms with Crippen molar-refractivity contribution in [2.75, 3.05) is 13.1 Å². The number of carbonyl (C=O) groups excluding carboxylic acids is 2. The second kappa shape index (κ2) is 6.43. The predicted molar refractivity (Wildman–Crippen MR) is 92.7 cm³/mol. The molecule has 0 bridgehead atoms. The molecule has 2 aliphatic heterocycles. The van der Waals surface area contributed by atoms with Gasteiger partial charge in [-0.1, -0.05) is 6.42 Å². The maximum Gasteiger partial charge on any atom is 0.345 e. The summed E-state index contributed by atoms with van der Waals surface area (Å²) in [6.45, 7) is 1.75. The molecule has 2 unspecified atom stereocenters. The number of hydrogen-bond donors (Lipinski definition) is 1. The number of rotatable bonds is 2. The molecule has 2 fully saturated rings. The molecule has 0 radical (unpaired) electrons. The minimum atomic E-state index is -1.04. The molecular formula is C18H22BrNO5. The van der Waals surface area contributed by atoms with Gasteiger partial charge in [-0.25, -0.2) is 4.79 Å². The minimum absolute atomic E-state index is 0.0381. The Labute approximate surface area is 155 Å². The quantitative estimate of drug-likeness (QED) is 0.703. The first-order valence-electron chi connectivity index (χ1n) is 9.02. The zero-order valence-electron chi connectivity index (χ0n) is 14.0. The molecule has 1 N–H and O–H groups in total. The molecule has 25 heavy (non-hydrogen) atoms. The van der Waals surface area contributed by atoms with Crippen LogP contribution >= 0.6 is 15.9 Å². The van der Waals surface area contributed by atoms with Gasteiger partial charge in [0.2, 0.25) is 0 Å². The van der Waals surface area contributed by atoms with E-state index in [0.29, 0.717) is 17.3 Å². The molecule has 0 aromatic rings. The van der Waals surface area contributed by atoms with Gasteiger partial charge < -0.3 is 14.6 Å². The fraction of sp³-hybridized carbons (Fsp3) is 0.667. The topological polar surface area (TPSA) is 76.1 Å². The van der Waals surface area contributed by atoms with Crippen molar-refractivity contribution in [1.29, 1.82) is 0 Å². The molecule has 2 aliphatic carbocycles. The molecule has 2 atom stereocenters. The van der Waals surface area contributed by atoms with E-state index in [1.54, 1.807) is 0 Å². The number of aliphatic hydroxyl groups is 1. The van der Waals surface area contributed by atoms with Crippen LogP contribution in [0.1, 0.15) is 44.9 Å². The van der Waals surface area contributed by atoms with Gasteiger partial charge in [-0.3, -0.25) is 9.69 Å². The van der Waals surface area contributed by atoms with Crippen molar-refractivity contribution in [1.82, 2.24) is 4.90 Å². The highest BCUT2D eigenvalue weighted by Gasteiger charge is 2.52. The SMILES string of the molecule is O=C1OC2(CCCC2)OC(O)=C1C1C(=O)C(Br)=CC1N1CCCCC1. The first-order valence-corrected chi connectivity index (χ1v) is 9.81. The van der Waals surface area contributed by atoms with E-state index in [1.165, 1.54) is 6.42 Å². The average Bonchev–Trinajstić information content (AvgIpc) is 3.14. The van der Waals surface area contributed by atoms with Crippen LogP contribution in [0.5, 0.6) is 0 Å². The molecule has 0 amide bonds. The Bertz CT molecular complexity index is 658. The van der Waals surface area contributed by atoms with Gasteiger partial charge >= 0.3 is 5.97 Å². The Morgan fingerprint density at radius 3 is 2.40 bits per heavy atom. The van der Waals surface area contributed by atoms with Crippen molar-refractivity contribution < 1.29 is 24.2 Å². The first kappa shape index (κ1) is 17.1. The standard InChI is InChI=1S/C18H22BrNO5/c19-11-10-12(20-8-4-1-5-9-20)13(15(11)21)14-16(22)24-18(25-17(14)23)6-2-3-7-18/h10,12-13,22H,1-9H2. The van der Waals surface area contributed by atoms with E-state index in [0.717, 1.165) is 38.8 Å². The number of hydrogen-bond acceptors (Lipinski definition) is 6. The maximum absolute atomic E-state index is 12.7. The monoisotopic (exact) mass is 411 g/mol. The molecule has 136 valence electrons. The molecule has 1 spiro atoms. The first-order chi connectivity index (χ1) is 12.0. The molecule has 4 aliphatic rings. The lowest BCUT2D eigenvalue weighted by atomic mass is 9.89. The fourth-order valence-corrected chi connectivity index (χ4v) is 4.92. The molecular weight excluding hydrogens is 390 g/mol. The van der Waals surface area contributed by atoms with Crippen LogP contribution in [0, 0.1) is 5.92 Å². The van der Waals surface area contributed by atoms with Crippen LogP contribution < -0.4 is 0 Å². The van der Waals surface area contributed by atoms with Crippen LogP contribution in [0.15, 0.2) is 22.1 Å². The number of ketones is 1. The van der Waals surface area contributed by atoms with Crippen LogP contribution in [-0.4, -0.2) is 46.7 Å². The van der Waals surface area contributed by atoms with Gasteiger partial charge in [0, 0.05) is 18.9 Å². The third kappa shape index (κ3) is 2.91. The molecule has 1 saturated carbocycles. The summed E-state index contributed by atoms with van der Waals surface area (Å²) in [6, 6.07) is -0.256. The number of likely N-dealkylation sites (tertiary alicyclic amines) is 1. The lowest BCUT2D eigenvalue weighted by molar-refractivity contribution is -0.236. The van der Waals surface area contributed by atoms with Gasteiger partial charge in [0.15, 0.2) is 5.78 Å². The number of esters is 1. The largest absolute Gasteiger partial charge is 0.480 e. The van der Waals surface area contributed by atoms with Crippen molar-refractivity contribution >= 4 is 27.7 Å². The zero-order chi connectivity index (χ0) is 17.6. The highest BCUT2D eigenvalue weighted by Crippen LogP contribution is 2.44. The molecule has 0 aromatic carbocycles. The second-order valence-corrected chi connectivity index (χ2v) is 8.13. The summed E-state index contributed by atoms with van der Waals surface area (Å²) in [7, 11) is 0. The Kier molecular flexibility index (Phi) is 4.40. The molecule has 2 heterocycles. The Hall–Kier alpha value is -1.34. The van der Waals surface area contributed by atoms with Gasteiger partial charge in [0.05, 0.1) is 10.4 Å². The van der Waals surface area contributed by atoms with E-state index in [2.05, 4.69) is 20.8 Å². The summed E-state index contributed by atoms with van der Waals surface area (Å²) in [5.74, 6) is -3.09. The van der Waals surface area contributed by atoms with Crippen molar-refractivity contribution in [2.45, 2.75) is 56.8 Å². The van der Waals surface area contributed by atoms with Gasteiger partial charge in [-0.2, -0.15) is 0 Å². The number of carbonyl (C=O) groups is 2. The fourth-order valence-electron chi connectivity index (χ4n) is 4.41. The molecule has 0 aromatic heterocycles. The normalized spacial score (nSPS) is 32.8. The second-order valence-electron chi connectivity index (χ2n) is 7.27. The number of halogens is 1. The number of nitrogens with zero attached hydrogens (tertiary/aromatic N) is 1. The number of Topliss-reactive ketones (excluding diaryl/α,β-unsaturated/α-hetero) is 1. The summed E-state index contributed by atoms with van der Waals surface area (Å²) in [6.07, 6.45) is 8.08. The van der Waals surface area contributed by atoms with Crippen LogP contribution in [-0.2, 0) is 19.1 Å². The van der Waals surface area contributed by atoms with Gasteiger partial charge in [0.1, 0.15) is 5.57 Å². The third-order valence-electron chi connectivity index (χ3n) is 5.68. The summed E-state index contributed by atoms with van der Waals surface area (Å²) < 4.78 is 11.6. The van der Waals surface area contributed by atoms with Crippen LogP contribution in [0.25, 0.3) is 0 Å². The number of allylic oxidation sites excluding steroid dienone is 1. The lowest BCUT2D eigenvalue weighted by Gasteiger charge is -2.38. The van der Waals surface area contributed by atoms with Gasteiger partial charge in [-0.15, -0.1) is 0 Å². The molecule has 6 nitrogen and oxygen atoms in total. The summed E-state index contributed by atoms with van der Waals surface area (Å²) in [5.41, 5.74) is -0.0381. The van der Waals surface area contributed by atoms with Gasteiger partial charge in [-0.05, 0) is 60.8 Å². The highest BCUT2D eigenvalue weighted by molar-refractivity contribution is 9.12. The Balaban J connectivity index is 1.66. The van der Waals surface area contributed by atoms with E-state index in [9.17, 15) is 14.7 Å². The van der Waals surface area contributed by atoms with Gasteiger partial charge in [0.25, 0.3) is 11.7 Å². The highest BCUT2D eigenvalue weighted by atomic mass is 79.9. The summed E-state index contributed by atoms with van der Waals surface area (Å²) >= 11 is 3.31. The third-order valence-corrected chi connectivity index (χ3v) is 6.33. The van der Waals surface area contributed by atoms with E-state index in [-0.39, 0.29) is 17.4 Å². The maximum atomic E-state index is 12.7. The summed E-state index contributed by atoms with van der Waals surface area (Å²) in [4.78, 5) is 27.6. The zero-order valence-corrected chi connectivity index (χ0v) is 15.6. The minimum Gasteiger partial charge on any atom is -0.480 e. The predicted octanol–water partition coefficient (Wildman–Crippen LogP) is 2.93. The molecule has 1 saturated heterocycles. The van der Waals surface area contributed by atoms with E-state index in [1.807, 2.05) is 6.08 Å². The number of ether oxygens (including phenoxy) is 2. The Morgan fingerprint density at radius 1 is 1.08 bits per heavy atom. The smallest absolute Gasteiger partial charge is 0.345 e. The van der Waals surface area contributed by atoms with E-state index >= 15 is 0 Å². The van der Waals surface area contributed by atoms with Crippen molar-refractivity contribution in [3.8, 4) is 0 Å². The van der Waals surface area contributed by atoms with Crippen LogP contribution in [0.4, 0.5) is 0 Å². The van der Waals surface area contributed by atoms with Crippen LogP contribution in [0.2, 0.25) is 0 Å². The Morgan fingerprint density at radius 2 is 1.76 bits per heavy atom. The van der Waals surface area contributed by atoms with E-state index in [4.69, 9.17) is 9.47 Å². The van der Waals surface area contributed by atoms with Crippen LogP contribution in [0.3, 0.4) is 0 Å². The lowest BCUT2D eigenvalue weighted by Crippen LogP contribution is -2.47. The average molecular weight is 412 g/mol. The van der Waals surface area contributed by atoms with E-state index < -0.39 is 23.6 Å². The van der Waals surface area contributed by atoms with Crippen molar-refractivity contribution in [3.63, 3.8) is 0 Å². The van der Waals surface area contributed by atoms with Crippen molar-refractivity contribution in [3.05, 3.63) is 22.1 Å². The molecule has 7 heteroatoms. The number of aliphatic hydroxyl groups excluding tert-OH is 1. The number of piperidine rings is 1. The van der Waals surface area contributed by atoms with Crippen molar-refractivity contribution in [2.24, 2.45) is 5.92 Å².